The molecule has 0 saturated carbocycles. The number of hydrogen-bond acceptors (Lipinski definition) is 7. The quantitative estimate of drug-likeness (QED) is 0.667. The van der Waals surface area contributed by atoms with Crippen molar-refractivity contribution in [2.45, 2.75) is 25.4 Å². The largest absolute Gasteiger partial charge is 0.497 e. The number of likely N-dealkylation sites (tertiary alicyclic amines) is 1. The Hall–Kier alpha value is -2.80. The summed E-state index contributed by atoms with van der Waals surface area (Å²) in [6, 6.07) is 9.81. The Balaban J connectivity index is 1.54. The molecule has 0 N–H and O–H groups in total. The van der Waals surface area contributed by atoms with E-state index >= 15 is 0 Å². The zero-order valence-electron chi connectivity index (χ0n) is 14.8. The van der Waals surface area contributed by atoms with Crippen LogP contribution in [0.25, 0.3) is 11.7 Å². The zero-order valence-corrected chi connectivity index (χ0v) is 14.8. The monoisotopic (exact) mass is 355 g/mol. The van der Waals surface area contributed by atoms with Crippen LogP contribution < -0.4 is 9.47 Å². The van der Waals surface area contributed by atoms with Crippen LogP contribution in [0, 0.1) is 0 Å². The summed E-state index contributed by atoms with van der Waals surface area (Å²) in [5.74, 6) is 3.19. The molecule has 1 fully saturated rings. The molecule has 1 unspecified atom stereocenters. The molecular weight excluding hydrogens is 334 g/mol. The normalized spacial score (nSPS) is 17.5. The van der Waals surface area contributed by atoms with E-state index < -0.39 is 0 Å². The first kappa shape index (κ1) is 16.7. The summed E-state index contributed by atoms with van der Waals surface area (Å²) >= 11 is 0. The summed E-state index contributed by atoms with van der Waals surface area (Å²) in [4.78, 5) is 2.34. The van der Waals surface area contributed by atoms with Gasteiger partial charge in [0, 0.05) is 17.7 Å². The van der Waals surface area contributed by atoms with Crippen LogP contribution >= 0.6 is 0 Å². The van der Waals surface area contributed by atoms with Gasteiger partial charge in [-0.25, -0.2) is 0 Å². The lowest BCUT2D eigenvalue weighted by Crippen LogP contribution is -2.23. The van der Waals surface area contributed by atoms with Crippen molar-refractivity contribution in [3.63, 3.8) is 0 Å². The van der Waals surface area contributed by atoms with Gasteiger partial charge in [0.2, 0.25) is 5.89 Å². The average molecular weight is 355 g/mol. The molecule has 136 valence electrons. The minimum absolute atomic E-state index is 0.245. The molecule has 0 aliphatic carbocycles. The third-order valence-corrected chi connectivity index (χ3v) is 4.70. The number of rotatable bonds is 6. The van der Waals surface area contributed by atoms with E-state index in [1.807, 2.05) is 12.1 Å². The van der Waals surface area contributed by atoms with Crippen LogP contribution in [0.5, 0.6) is 11.5 Å². The molecule has 1 aliphatic heterocycles. The summed E-state index contributed by atoms with van der Waals surface area (Å²) < 4.78 is 21.9. The molecule has 0 radical (unpaired) electrons. The molecule has 1 saturated heterocycles. The topological polar surface area (TPSA) is 73.8 Å². The van der Waals surface area contributed by atoms with Crippen LogP contribution in [0.15, 0.2) is 45.4 Å². The Kier molecular flexibility index (Phi) is 4.62. The molecular formula is C19H21N3O4. The fourth-order valence-electron chi connectivity index (χ4n) is 3.45. The Morgan fingerprint density at radius 3 is 2.88 bits per heavy atom. The number of nitrogens with zero attached hydrogens (tertiary/aromatic N) is 3. The Morgan fingerprint density at radius 1 is 1.19 bits per heavy atom. The standard InChI is InChI=1S/C19H21N3O4/c1-23-13-7-8-14(17(11-13)24-2)15-5-3-9-22(15)12-18-20-21-19(26-18)16-6-4-10-25-16/h4,6-8,10-11,15H,3,5,9,12H2,1-2H3. The van der Waals surface area contributed by atoms with Crippen molar-refractivity contribution >= 4 is 0 Å². The van der Waals surface area contributed by atoms with E-state index in [9.17, 15) is 0 Å². The Labute approximate surface area is 151 Å². The van der Waals surface area contributed by atoms with Gasteiger partial charge < -0.3 is 18.3 Å². The first-order valence-corrected chi connectivity index (χ1v) is 8.60. The Bertz CT molecular complexity index is 860. The molecule has 0 amide bonds. The first-order valence-electron chi connectivity index (χ1n) is 8.60. The van der Waals surface area contributed by atoms with Crippen LogP contribution in [0.3, 0.4) is 0 Å². The van der Waals surface area contributed by atoms with E-state index in [0.29, 0.717) is 24.1 Å². The molecule has 4 rings (SSSR count). The van der Waals surface area contributed by atoms with Gasteiger partial charge in [0.05, 0.1) is 27.0 Å². The fourth-order valence-corrected chi connectivity index (χ4v) is 3.45. The number of ether oxygens (including phenoxy) is 2. The first-order chi connectivity index (χ1) is 12.8. The number of aromatic nitrogens is 2. The molecule has 0 bridgehead atoms. The number of benzene rings is 1. The molecule has 26 heavy (non-hydrogen) atoms. The van der Waals surface area contributed by atoms with Gasteiger partial charge in [-0.15, -0.1) is 10.2 Å². The van der Waals surface area contributed by atoms with E-state index in [2.05, 4.69) is 21.2 Å². The van der Waals surface area contributed by atoms with E-state index in [1.54, 1.807) is 32.6 Å². The Morgan fingerprint density at radius 2 is 2.12 bits per heavy atom. The van der Waals surface area contributed by atoms with E-state index in [-0.39, 0.29) is 6.04 Å². The molecule has 3 heterocycles. The van der Waals surface area contributed by atoms with E-state index in [1.165, 1.54) is 0 Å². The van der Waals surface area contributed by atoms with Gasteiger partial charge in [0.25, 0.3) is 5.89 Å². The third-order valence-electron chi connectivity index (χ3n) is 4.70. The van der Waals surface area contributed by atoms with Crippen molar-refractivity contribution in [1.82, 2.24) is 15.1 Å². The molecule has 1 aliphatic rings. The molecule has 0 spiro atoms. The molecule has 1 aromatic carbocycles. The number of furan rings is 1. The predicted molar refractivity (Wildman–Crippen MR) is 93.9 cm³/mol. The highest BCUT2D eigenvalue weighted by atomic mass is 16.5. The fraction of sp³-hybridized carbons (Fsp3) is 0.368. The van der Waals surface area contributed by atoms with Crippen LogP contribution in [0.4, 0.5) is 0 Å². The maximum atomic E-state index is 5.76. The predicted octanol–water partition coefficient (Wildman–Crippen LogP) is 3.68. The van der Waals surface area contributed by atoms with Crippen molar-refractivity contribution in [3.8, 4) is 23.1 Å². The molecule has 3 aromatic rings. The average Bonchev–Trinajstić information content (AvgIpc) is 3.43. The highest BCUT2D eigenvalue weighted by Gasteiger charge is 2.30. The lowest BCUT2D eigenvalue weighted by Gasteiger charge is -2.25. The maximum Gasteiger partial charge on any atom is 0.283 e. The summed E-state index contributed by atoms with van der Waals surface area (Å²) in [5.41, 5.74) is 1.15. The van der Waals surface area contributed by atoms with Crippen LogP contribution in [-0.4, -0.2) is 35.9 Å². The SMILES string of the molecule is COc1ccc(C2CCCN2Cc2nnc(-c3ccco3)o2)c(OC)c1. The smallest absolute Gasteiger partial charge is 0.283 e. The summed E-state index contributed by atoms with van der Waals surface area (Å²) in [7, 11) is 3.34. The molecule has 2 aromatic heterocycles. The molecule has 7 heteroatoms. The highest BCUT2D eigenvalue weighted by Crippen LogP contribution is 2.39. The van der Waals surface area contributed by atoms with E-state index in [0.717, 1.165) is 36.4 Å². The minimum Gasteiger partial charge on any atom is -0.497 e. The summed E-state index contributed by atoms with van der Waals surface area (Å²) in [5, 5.41) is 8.24. The molecule has 7 nitrogen and oxygen atoms in total. The van der Waals surface area contributed by atoms with Crippen molar-refractivity contribution in [2.24, 2.45) is 0 Å². The van der Waals surface area contributed by atoms with Gasteiger partial charge in [-0.2, -0.15) is 0 Å². The van der Waals surface area contributed by atoms with Gasteiger partial charge in [-0.3, -0.25) is 4.90 Å². The van der Waals surface area contributed by atoms with Gasteiger partial charge >= 0.3 is 0 Å². The van der Waals surface area contributed by atoms with Gasteiger partial charge in [0.15, 0.2) is 5.76 Å². The highest BCUT2D eigenvalue weighted by molar-refractivity contribution is 5.43. The summed E-state index contributed by atoms with van der Waals surface area (Å²) in [6.45, 7) is 1.56. The van der Waals surface area contributed by atoms with E-state index in [4.69, 9.17) is 18.3 Å². The van der Waals surface area contributed by atoms with Gasteiger partial charge in [0.1, 0.15) is 11.5 Å². The zero-order chi connectivity index (χ0) is 17.9. The maximum absolute atomic E-state index is 5.76. The second kappa shape index (κ2) is 7.21. The minimum atomic E-state index is 0.245. The van der Waals surface area contributed by atoms with Crippen molar-refractivity contribution < 1.29 is 18.3 Å². The van der Waals surface area contributed by atoms with Crippen LogP contribution in [0.1, 0.15) is 30.3 Å². The lowest BCUT2D eigenvalue weighted by atomic mass is 10.0. The second-order valence-electron chi connectivity index (χ2n) is 6.21. The van der Waals surface area contributed by atoms with Crippen molar-refractivity contribution in [3.05, 3.63) is 48.0 Å². The summed E-state index contributed by atoms with van der Waals surface area (Å²) in [6.07, 6.45) is 3.76. The van der Waals surface area contributed by atoms with Crippen molar-refractivity contribution in [1.29, 1.82) is 0 Å². The van der Waals surface area contributed by atoms with Crippen molar-refractivity contribution in [2.75, 3.05) is 20.8 Å². The van der Waals surface area contributed by atoms with Crippen LogP contribution in [-0.2, 0) is 6.54 Å². The van der Waals surface area contributed by atoms with Gasteiger partial charge in [-0.05, 0) is 37.6 Å². The number of methoxy groups -OCH3 is 2. The van der Waals surface area contributed by atoms with Gasteiger partial charge in [-0.1, -0.05) is 6.07 Å². The van der Waals surface area contributed by atoms with Crippen LogP contribution in [0.2, 0.25) is 0 Å². The second-order valence-corrected chi connectivity index (χ2v) is 6.21. The third kappa shape index (κ3) is 3.17. The lowest BCUT2D eigenvalue weighted by molar-refractivity contribution is 0.219. The number of hydrogen-bond donors (Lipinski definition) is 0. The molecule has 1 atom stereocenters.